The normalized spacial score (nSPS) is 17.5. The molecular formula is C9H18O2. The Hall–Kier alpha value is -0.340. The zero-order valence-corrected chi connectivity index (χ0v) is 7.59. The van der Waals surface area contributed by atoms with Gasteiger partial charge in [-0.05, 0) is 27.2 Å². The second-order valence-electron chi connectivity index (χ2n) is 3.98. The summed E-state index contributed by atoms with van der Waals surface area (Å²) in [6, 6.07) is 0. The predicted octanol–water partition coefficient (Wildman–Crippen LogP) is 1.47. The molecule has 0 aromatic heterocycles. The van der Waals surface area contributed by atoms with Crippen molar-refractivity contribution in [1.29, 1.82) is 0 Å². The molecular weight excluding hydrogens is 140 g/mol. The van der Waals surface area contributed by atoms with Crippen LogP contribution in [0.1, 0.15) is 33.6 Å². The fourth-order valence-electron chi connectivity index (χ4n) is 1.32. The lowest BCUT2D eigenvalue weighted by molar-refractivity contribution is -0.0333. The van der Waals surface area contributed by atoms with Gasteiger partial charge in [-0.2, -0.15) is 0 Å². The molecule has 0 saturated heterocycles. The lowest BCUT2D eigenvalue weighted by atomic mass is 9.88. The highest BCUT2D eigenvalue weighted by Crippen LogP contribution is 2.22. The van der Waals surface area contributed by atoms with Crippen molar-refractivity contribution in [3.63, 3.8) is 0 Å². The molecule has 2 nitrogen and oxygen atoms in total. The van der Waals surface area contributed by atoms with E-state index in [0.29, 0.717) is 12.8 Å². The van der Waals surface area contributed by atoms with Crippen LogP contribution in [-0.4, -0.2) is 21.4 Å². The molecule has 1 atom stereocenters. The summed E-state index contributed by atoms with van der Waals surface area (Å²) < 4.78 is 0. The molecule has 0 radical (unpaired) electrons. The molecule has 0 aromatic carbocycles. The molecule has 0 fully saturated rings. The van der Waals surface area contributed by atoms with E-state index in [2.05, 4.69) is 6.58 Å². The average Bonchev–Trinajstić information content (AvgIpc) is 1.55. The Kier molecular flexibility index (Phi) is 3.27. The molecule has 11 heavy (non-hydrogen) atoms. The van der Waals surface area contributed by atoms with Crippen LogP contribution in [0.4, 0.5) is 0 Å². The van der Waals surface area contributed by atoms with Crippen LogP contribution in [0.5, 0.6) is 0 Å². The Morgan fingerprint density at radius 1 is 1.27 bits per heavy atom. The minimum Gasteiger partial charge on any atom is -0.390 e. The van der Waals surface area contributed by atoms with Crippen molar-refractivity contribution in [2.75, 3.05) is 0 Å². The van der Waals surface area contributed by atoms with Crippen LogP contribution >= 0.6 is 0 Å². The van der Waals surface area contributed by atoms with Crippen LogP contribution in [0.2, 0.25) is 0 Å². The van der Waals surface area contributed by atoms with E-state index >= 15 is 0 Å². The molecule has 0 aliphatic rings. The SMILES string of the molecule is C=CCC(C)(O)CC(C)(C)O. The molecule has 0 aliphatic carbocycles. The van der Waals surface area contributed by atoms with Gasteiger partial charge in [-0.15, -0.1) is 6.58 Å². The summed E-state index contributed by atoms with van der Waals surface area (Å²) in [5, 5.41) is 19.0. The summed E-state index contributed by atoms with van der Waals surface area (Å²) in [6.45, 7) is 8.61. The lowest BCUT2D eigenvalue weighted by Crippen LogP contribution is -2.34. The Morgan fingerprint density at radius 3 is 2.00 bits per heavy atom. The van der Waals surface area contributed by atoms with E-state index in [9.17, 15) is 10.2 Å². The average molecular weight is 158 g/mol. The maximum atomic E-state index is 9.62. The summed E-state index contributed by atoms with van der Waals surface area (Å²) >= 11 is 0. The topological polar surface area (TPSA) is 40.5 Å². The summed E-state index contributed by atoms with van der Waals surface area (Å²) in [7, 11) is 0. The van der Waals surface area contributed by atoms with Gasteiger partial charge >= 0.3 is 0 Å². The van der Waals surface area contributed by atoms with Gasteiger partial charge < -0.3 is 10.2 Å². The molecule has 2 heteroatoms. The van der Waals surface area contributed by atoms with Crippen LogP contribution < -0.4 is 0 Å². The van der Waals surface area contributed by atoms with Gasteiger partial charge in [0.15, 0.2) is 0 Å². The van der Waals surface area contributed by atoms with Crippen LogP contribution in [-0.2, 0) is 0 Å². The van der Waals surface area contributed by atoms with Gasteiger partial charge in [0.1, 0.15) is 0 Å². The highest BCUT2D eigenvalue weighted by atomic mass is 16.3. The molecule has 0 bridgehead atoms. The summed E-state index contributed by atoms with van der Waals surface area (Å²) in [5.41, 5.74) is -1.65. The van der Waals surface area contributed by atoms with Gasteiger partial charge in [-0.25, -0.2) is 0 Å². The van der Waals surface area contributed by atoms with Crippen LogP contribution in [0, 0.1) is 0 Å². The van der Waals surface area contributed by atoms with Crippen molar-refractivity contribution in [2.45, 2.75) is 44.8 Å². The van der Waals surface area contributed by atoms with Crippen molar-refractivity contribution >= 4 is 0 Å². The minimum atomic E-state index is -0.833. The molecule has 0 rings (SSSR count). The van der Waals surface area contributed by atoms with E-state index in [4.69, 9.17) is 0 Å². The first-order valence-electron chi connectivity index (χ1n) is 3.82. The zero-order chi connectivity index (χ0) is 9.12. The fourth-order valence-corrected chi connectivity index (χ4v) is 1.32. The minimum absolute atomic E-state index is 0.367. The fraction of sp³-hybridized carbons (Fsp3) is 0.778. The Bertz CT molecular complexity index is 131. The Balaban J connectivity index is 4.00. The predicted molar refractivity (Wildman–Crippen MR) is 46.4 cm³/mol. The highest BCUT2D eigenvalue weighted by Gasteiger charge is 2.27. The standard InChI is InChI=1S/C9H18O2/c1-5-6-9(4,11)7-8(2,3)10/h5,10-11H,1,6-7H2,2-4H3. The number of hydrogen-bond donors (Lipinski definition) is 2. The van der Waals surface area contributed by atoms with Crippen molar-refractivity contribution in [3.05, 3.63) is 12.7 Å². The van der Waals surface area contributed by atoms with Gasteiger partial charge in [-0.3, -0.25) is 0 Å². The van der Waals surface area contributed by atoms with Gasteiger partial charge in [-0.1, -0.05) is 6.08 Å². The highest BCUT2D eigenvalue weighted by molar-refractivity contribution is 4.87. The summed E-state index contributed by atoms with van der Waals surface area (Å²) in [4.78, 5) is 0. The van der Waals surface area contributed by atoms with Crippen molar-refractivity contribution in [3.8, 4) is 0 Å². The molecule has 0 aliphatic heterocycles. The maximum absolute atomic E-state index is 9.62. The number of aliphatic hydroxyl groups is 2. The summed E-state index contributed by atoms with van der Waals surface area (Å²) in [5.74, 6) is 0. The number of hydrogen-bond acceptors (Lipinski definition) is 2. The van der Waals surface area contributed by atoms with E-state index in [-0.39, 0.29) is 0 Å². The zero-order valence-electron chi connectivity index (χ0n) is 7.59. The Morgan fingerprint density at radius 2 is 1.73 bits per heavy atom. The third kappa shape index (κ3) is 6.07. The lowest BCUT2D eigenvalue weighted by Gasteiger charge is -2.29. The van der Waals surface area contributed by atoms with Crippen LogP contribution in [0.25, 0.3) is 0 Å². The molecule has 66 valence electrons. The van der Waals surface area contributed by atoms with Gasteiger partial charge in [0.2, 0.25) is 0 Å². The van der Waals surface area contributed by atoms with E-state index in [0.717, 1.165) is 0 Å². The van der Waals surface area contributed by atoms with Crippen molar-refractivity contribution in [1.82, 2.24) is 0 Å². The van der Waals surface area contributed by atoms with E-state index in [1.165, 1.54) is 0 Å². The second kappa shape index (κ2) is 3.37. The smallest absolute Gasteiger partial charge is 0.0681 e. The third-order valence-corrected chi connectivity index (χ3v) is 1.40. The van der Waals surface area contributed by atoms with E-state index < -0.39 is 11.2 Å². The van der Waals surface area contributed by atoms with Crippen LogP contribution in [0.15, 0.2) is 12.7 Å². The van der Waals surface area contributed by atoms with E-state index in [1.807, 2.05) is 0 Å². The first-order chi connectivity index (χ1) is 4.77. The largest absolute Gasteiger partial charge is 0.390 e. The first kappa shape index (κ1) is 10.7. The van der Waals surface area contributed by atoms with Crippen molar-refractivity contribution in [2.24, 2.45) is 0 Å². The first-order valence-corrected chi connectivity index (χ1v) is 3.82. The molecule has 0 aromatic rings. The molecule has 0 amide bonds. The maximum Gasteiger partial charge on any atom is 0.0681 e. The monoisotopic (exact) mass is 158 g/mol. The van der Waals surface area contributed by atoms with Gasteiger partial charge in [0.05, 0.1) is 11.2 Å². The third-order valence-electron chi connectivity index (χ3n) is 1.40. The quantitative estimate of drug-likeness (QED) is 0.608. The van der Waals surface area contributed by atoms with Gasteiger partial charge in [0, 0.05) is 6.42 Å². The van der Waals surface area contributed by atoms with Crippen molar-refractivity contribution < 1.29 is 10.2 Å². The molecule has 0 spiro atoms. The van der Waals surface area contributed by atoms with Crippen LogP contribution in [0.3, 0.4) is 0 Å². The summed E-state index contributed by atoms with van der Waals surface area (Å²) in [6.07, 6.45) is 2.54. The molecule has 1 unspecified atom stereocenters. The number of rotatable bonds is 4. The van der Waals surface area contributed by atoms with E-state index in [1.54, 1.807) is 26.8 Å². The molecule has 0 saturated carbocycles. The molecule has 2 N–H and O–H groups in total. The molecule has 0 heterocycles. The van der Waals surface area contributed by atoms with Gasteiger partial charge in [0.25, 0.3) is 0 Å². The Labute approximate surface area is 68.6 Å². The second-order valence-corrected chi connectivity index (χ2v) is 3.98.